The summed E-state index contributed by atoms with van der Waals surface area (Å²) in [4.78, 5) is 28.9. The Kier molecular flexibility index (Phi) is 5.05. The largest absolute Gasteiger partial charge is 0.497 e. The highest BCUT2D eigenvalue weighted by Crippen LogP contribution is 2.35. The van der Waals surface area contributed by atoms with Crippen LogP contribution in [0.15, 0.2) is 67.0 Å². The second kappa shape index (κ2) is 8.07. The molecule has 4 aromatic rings. The van der Waals surface area contributed by atoms with E-state index in [2.05, 4.69) is 15.6 Å². The molecule has 3 heterocycles. The van der Waals surface area contributed by atoms with Gasteiger partial charge in [0, 0.05) is 23.0 Å². The molecular weight excluding hydrogens is 443 g/mol. The van der Waals surface area contributed by atoms with Gasteiger partial charge in [-0.2, -0.15) is 0 Å². The summed E-state index contributed by atoms with van der Waals surface area (Å²) >= 11 is 0. The quantitative estimate of drug-likeness (QED) is 0.379. The fraction of sp³-hybridized carbons (Fsp3) is 0.125. The van der Waals surface area contributed by atoms with Gasteiger partial charge in [0.25, 0.3) is 5.91 Å². The van der Waals surface area contributed by atoms with E-state index < -0.39 is 23.3 Å². The maximum absolute atomic E-state index is 13.1. The van der Waals surface area contributed by atoms with Crippen LogP contribution >= 0.6 is 0 Å². The van der Waals surface area contributed by atoms with E-state index in [9.17, 15) is 19.1 Å². The molecule has 5 rings (SSSR count). The number of aromatic hydroxyl groups is 1. The number of nitrogens with one attached hydrogen (secondary N) is 2. The van der Waals surface area contributed by atoms with Crippen molar-refractivity contribution in [2.45, 2.75) is 12.1 Å². The molecule has 0 bridgehead atoms. The van der Waals surface area contributed by atoms with Crippen LogP contribution in [-0.4, -0.2) is 33.7 Å². The third-order valence-corrected chi connectivity index (χ3v) is 5.69. The third-order valence-electron chi connectivity index (χ3n) is 5.69. The molecule has 1 aliphatic rings. The van der Waals surface area contributed by atoms with Crippen molar-refractivity contribution in [3.8, 4) is 23.3 Å². The molecule has 172 valence electrons. The number of halogens is 1. The number of amides is 3. The summed E-state index contributed by atoms with van der Waals surface area (Å²) in [6, 6.07) is 13.7. The van der Waals surface area contributed by atoms with E-state index in [1.807, 2.05) is 0 Å². The zero-order valence-corrected chi connectivity index (χ0v) is 17.9. The van der Waals surface area contributed by atoms with Crippen LogP contribution in [0.25, 0.3) is 10.8 Å². The van der Waals surface area contributed by atoms with E-state index >= 15 is 0 Å². The summed E-state index contributed by atoms with van der Waals surface area (Å²) in [5.74, 6) is 0.0885. The van der Waals surface area contributed by atoms with Gasteiger partial charge >= 0.3 is 6.03 Å². The predicted molar refractivity (Wildman–Crippen MR) is 119 cm³/mol. The van der Waals surface area contributed by atoms with E-state index in [0.717, 1.165) is 11.6 Å². The minimum atomic E-state index is -1.47. The van der Waals surface area contributed by atoms with Gasteiger partial charge in [0.2, 0.25) is 5.88 Å². The van der Waals surface area contributed by atoms with Crippen LogP contribution in [0.2, 0.25) is 0 Å². The first-order chi connectivity index (χ1) is 16.4. The maximum atomic E-state index is 13.1. The van der Waals surface area contributed by atoms with Crippen LogP contribution in [0.1, 0.15) is 5.56 Å². The number of hydrogen-bond donors (Lipinski definition) is 3. The number of aromatic nitrogens is 2. The van der Waals surface area contributed by atoms with E-state index in [-0.39, 0.29) is 18.3 Å². The lowest BCUT2D eigenvalue weighted by molar-refractivity contribution is -0.124. The zero-order valence-electron chi connectivity index (χ0n) is 17.9. The number of urea groups is 1. The van der Waals surface area contributed by atoms with Gasteiger partial charge < -0.3 is 24.5 Å². The topological polar surface area (TPSA) is 115 Å². The number of fused-ring (bicyclic) bond motifs is 1. The Morgan fingerprint density at radius 2 is 1.85 bits per heavy atom. The molecule has 2 aromatic heterocycles. The summed E-state index contributed by atoms with van der Waals surface area (Å²) < 4.78 is 25.4. The molecular formula is C24H19FN4O5. The Bertz CT molecular complexity index is 1400. The number of carbonyl (C=O) groups is 2. The highest BCUT2D eigenvalue weighted by atomic mass is 19.1. The third kappa shape index (κ3) is 3.64. The van der Waals surface area contributed by atoms with Crippen molar-refractivity contribution in [2.75, 3.05) is 7.11 Å². The van der Waals surface area contributed by atoms with E-state index in [4.69, 9.17) is 9.47 Å². The van der Waals surface area contributed by atoms with Crippen LogP contribution in [0.5, 0.6) is 23.3 Å². The lowest BCUT2D eigenvalue weighted by atomic mass is 9.89. The van der Waals surface area contributed by atoms with Crippen LogP contribution in [0.3, 0.4) is 0 Å². The van der Waals surface area contributed by atoms with Crippen LogP contribution in [0, 0.1) is 5.82 Å². The normalized spacial score (nSPS) is 17.5. The van der Waals surface area contributed by atoms with Crippen LogP contribution in [-0.2, 0) is 16.9 Å². The van der Waals surface area contributed by atoms with Gasteiger partial charge in [-0.1, -0.05) is 12.1 Å². The van der Waals surface area contributed by atoms with Crippen molar-refractivity contribution in [2.24, 2.45) is 0 Å². The minimum absolute atomic E-state index is 0.0624. The summed E-state index contributed by atoms with van der Waals surface area (Å²) in [7, 11) is 1.53. The first kappa shape index (κ1) is 21.3. The highest BCUT2D eigenvalue weighted by molar-refractivity contribution is 6.07. The highest BCUT2D eigenvalue weighted by Gasteiger charge is 2.48. The molecule has 34 heavy (non-hydrogen) atoms. The molecule has 9 nitrogen and oxygen atoms in total. The molecule has 1 aliphatic heterocycles. The smallest absolute Gasteiger partial charge is 0.322 e. The number of hydrogen-bond acceptors (Lipinski definition) is 6. The molecule has 1 atom stereocenters. The van der Waals surface area contributed by atoms with E-state index in [1.165, 1.54) is 23.8 Å². The number of imide groups is 1. The number of nitrogens with zero attached hydrogens (tertiary/aromatic N) is 2. The minimum Gasteiger partial charge on any atom is -0.497 e. The van der Waals surface area contributed by atoms with Crippen molar-refractivity contribution in [3.05, 3.63) is 78.4 Å². The van der Waals surface area contributed by atoms with Gasteiger partial charge in [-0.3, -0.25) is 10.1 Å². The fourth-order valence-electron chi connectivity index (χ4n) is 3.98. The Labute approximate surface area is 192 Å². The SMILES string of the molecule is COc1ccc2cn(C[C@@]3(c4ccc(Oc5ccc(F)cn5)cc4)NC(=O)NC3=O)c(O)c2c1. The maximum Gasteiger partial charge on any atom is 0.322 e. The summed E-state index contributed by atoms with van der Waals surface area (Å²) in [5, 5.41) is 17.1. The Balaban J connectivity index is 1.49. The average Bonchev–Trinajstić information content (AvgIpc) is 3.30. The molecule has 3 N–H and O–H groups in total. The molecule has 0 radical (unpaired) electrons. The second-order valence-corrected chi connectivity index (χ2v) is 7.79. The van der Waals surface area contributed by atoms with Gasteiger partial charge in [-0.15, -0.1) is 0 Å². The average molecular weight is 462 g/mol. The second-order valence-electron chi connectivity index (χ2n) is 7.79. The molecule has 0 spiro atoms. The van der Waals surface area contributed by atoms with Gasteiger partial charge in [0.05, 0.1) is 19.9 Å². The van der Waals surface area contributed by atoms with E-state index in [1.54, 1.807) is 48.7 Å². The first-order valence-corrected chi connectivity index (χ1v) is 10.3. The Morgan fingerprint density at radius 3 is 2.50 bits per heavy atom. The lowest BCUT2D eigenvalue weighted by Crippen LogP contribution is -2.47. The number of carbonyl (C=O) groups excluding carboxylic acids is 2. The number of rotatable bonds is 6. The van der Waals surface area contributed by atoms with Gasteiger partial charge in [0.15, 0.2) is 11.4 Å². The molecule has 0 unspecified atom stereocenters. The molecule has 0 saturated carbocycles. The molecule has 2 aromatic carbocycles. The fourth-order valence-corrected chi connectivity index (χ4v) is 3.98. The van der Waals surface area contributed by atoms with Crippen molar-refractivity contribution < 1.29 is 28.6 Å². The standard InChI is InChI=1S/C24H19FN4O5/c1-33-18-6-2-14-12-29(21(30)19(14)10-18)13-24(22(31)27-23(32)28-24)15-3-7-17(8-4-15)34-20-9-5-16(25)11-26-20/h2-12,30H,13H2,1H3,(H2,27,28,31,32)/t24-/m0/s1. The number of methoxy groups -OCH3 is 1. The van der Waals surface area contributed by atoms with Crippen molar-refractivity contribution in [3.63, 3.8) is 0 Å². The summed E-state index contributed by atoms with van der Waals surface area (Å²) in [6.07, 6.45) is 2.74. The van der Waals surface area contributed by atoms with Crippen LogP contribution in [0.4, 0.5) is 9.18 Å². The van der Waals surface area contributed by atoms with Crippen LogP contribution < -0.4 is 20.1 Å². The first-order valence-electron chi connectivity index (χ1n) is 10.3. The number of benzene rings is 2. The lowest BCUT2D eigenvalue weighted by Gasteiger charge is -2.27. The Hall–Kier alpha value is -4.60. The zero-order chi connectivity index (χ0) is 23.9. The van der Waals surface area contributed by atoms with Crippen molar-refractivity contribution in [1.29, 1.82) is 0 Å². The number of ether oxygens (including phenoxy) is 2. The molecule has 10 heteroatoms. The van der Waals surface area contributed by atoms with Gasteiger partial charge in [-0.05, 0) is 42.0 Å². The monoisotopic (exact) mass is 462 g/mol. The summed E-state index contributed by atoms with van der Waals surface area (Å²) in [6.45, 7) is -0.0624. The van der Waals surface area contributed by atoms with E-state index in [0.29, 0.717) is 22.4 Å². The molecule has 1 saturated heterocycles. The molecule has 3 amide bonds. The van der Waals surface area contributed by atoms with Crippen molar-refractivity contribution >= 4 is 22.7 Å². The predicted octanol–water partition coefficient (Wildman–Crippen LogP) is 3.42. The number of pyridine rings is 1. The Morgan fingerprint density at radius 1 is 1.09 bits per heavy atom. The summed E-state index contributed by atoms with van der Waals surface area (Å²) in [5.41, 5.74) is -0.995. The molecule has 1 fully saturated rings. The van der Waals surface area contributed by atoms with Crippen molar-refractivity contribution in [1.82, 2.24) is 20.2 Å². The molecule has 0 aliphatic carbocycles. The van der Waals surface area contributed by atoms with Gasteiger partial charge in [-0.25, -0.2) is 14.2 Å². The van der Waals surface area contributed by atoms with Gasteiger partial charge in [0.1, 0.15) is 17.3 Å².